The lowest BCUT2D eigenvalue weighted by Crippen LogP contribution is -2.51. The summed E-state index contributed by atoms with van der Waals surface area (Å²) in [5.41, 5.74) is 0.267. The fraction of sp³-hybridized carbons (Fsp3) is 1.00. The highest BCUT2D eigenvalue weighted by Gasteiger charge is 2.33. The Balaban J connectivity index is 2.26. The van der Waals surface area contributed by atoms with E-state index in [0.29, 0.717) is 0 Å². The minimum atomic E-state index is 0.267. The predicted molar refractivity (Wildman–Crippen MR) is 67.2 cm³/mol. The first-order chi connectivity index (χ1) is 6.94. The van der Waals surface area contributed by atoms with E-state index in [-0.39, 0.29) is 5.54 Å². The molecule has 2 unspecified atom stereocenters. The molecule has 15 heavy (non-hydrogen) atoms. The standard InChI is InChI=1S/C13H28N2/c1-6-9-15(5)12-8-7-11(12)10-14-13(2,3)4/h11-12,14H,6-10H2,1-5H3. The average Bonchev–Trinajstić information content (AvgIpc) is 2.00. The maximum atomic E-state index is 3.62. The first-order valence-corrected chi connectivity index (χ1v) is 6.39. The SMILES string of the molecule is CCCN(C)C1CCC1CNC(C)(C)C. The van der Waals surface area contributed by atoms with Crippen LogP contribution in [0.4, 0.5) is 0 Å². The van der Waals surface area contributed by atoms with E-state index >= 15 is 0 Å². The maximum absolute atomic E-state index is 3.62. The molecule has 0 amide bonds. The van der Waals surface area contributed by atoms with Crippen LogP contribution in [0, 0.1) is 5.92 Å². The summed E-state index contributed by atoms with van der Waals surface area (Å²) in [4.78, 5) is 2.54. The smallest absolute Gasteiger partial charge is 0.0133 e. The van der Waals surface area contributed by atoms with Gasteiger partial charge in [-0.2, -0.15) is 0 Å². The summed E-state index contributed by atoms with van der Waals surface area (Å²) in [7, 11) is 2.28. The molecule has 0 heterocycles. The quantitative estimate of drug-likeness (QED) is 0.753. The van der Waals surface area contributed by atoms with Gasteiger partial charge in [0.25, 0.3) is 0 Å². The van der Waals surface area contributed by atoms with Gasteiger partial charge in [0.05, 0.1) is 0 Å². The van der Waals surface area contributed by atoms with Crippen LogP contribution < -0.4 is 5.32 Å². The van der Waals surface area contributed by atoms with Crippen molar-refractivity contribution in [3.8, 4) is 0 Å². The second-order valence-corrected chi connectivity index (χ2v) is 6.02. The van der Waals surface area contributed by atoms with Gasteiger partial charge in [-0.1, -0.05) is 6.92 Å². The summed E-state index contributed by atoms with van der Waals surface area (Å²) in [6.45, 7) is 11.4. The molecule has 0 bridgehead atoms. The number of nitrogens with one attached hydrogen (secondary N) is 1. The van der Waals surface area contributed by atoms with Crippen molar-refractivity contribution in [1.82, 2.24) is 10.2 Å². The van der Waals surface area contributed by atoms with Crippen LogP contribution in [-0.2, 0) is 0 Å². The molecule has 0 aliphatic heterocycles. The molecule has 1 aliphatic carbocycles. The molecule has 1 rings (SSSR count). The van der Waals surface area contributed by atoms with Crippen molar-refractivity contribution >= 4 is 0 Å². The Labute approximate surface area is 95.4 Å². The van der Waals surface area contributed by atoms with E-state index in [2.05, 4.69) is 45.0 Å². The largest absolute Gasteiger partial charge is 0.312 e. The highest BCUT2D eigenvalue weighted by atomic mass is 15.1. The van der Waals surface area contributed by atoms with Crippen molar-refractivity contribution in [3.63, 3.8) is 0 Å². The molecule has 1 fully saturated rings. The lowest BCUT2D eigenvalue weighted by molar-refractivity contribution is 0.0794. The molecular weight excluding hydrogens is 184 g/mol. The van der Waals surface area contributed by atoms with Crippen LogP contribution >= 0.6 is 0 Å². The number of rotatable bonds is 5. The van der Waals surface area contributed by atoms with Gasteiger partial charge in [0.1, 0.15) is 0 Å². The van der Waals surface area contributed by atoms with Crippen LogP contribution in [0.2, 0.25) is 0 Å². The minimum Gasteiger partial charge on any atom is -0.312 e. The molecule has 0 aromatic carbocycles. The second kappa shape index (κ2) is 5.31. The van der Waals surface area contributed by atoms with Crippen molar-refractivity contribution in [2.24, 2.45) is 5.92 Å². The van der Waals surface area contributed by atoms with E-state index in [9.17, 15) is 0 Å². The molecule has 2 heteroatoms. The van der Waals surface area contributed by atoms with Gasteiger partial charge in [0.15, 0.2) is 0 Å². The van der Waals surface area contributed by atoms with Gasteiger partial charge in [-0.3, -0.25) is 0 Å². The topological polar surface area (TPSA) is 15.3 Å². The van der Waals surface area contributed by atoms with Gasteiger partial charge in [-0.05, 0) is 66.1 Å². The van der Waals surface area contributed by atoms with Crippen LogP contribution in [0.5, 0.6) is 0 Å². The Morgan fingerprint density at radius 1 is 1.27 bits per heavy atom. The van der Waals surface area contributed by atoms with E-state index in [1.807, 2.05) is 0 Å². The first kappa shape index (κ1) is 13.0. The van der Waals surface area contributed by atoms with E-state index in [1.54, 1.807) is 0 Å². The normalized spacial score (nSPS) is 26.8. The average molecular weight is 212 g/mol. The molecule has 2 nitrogen and oxygen atoms in total. The predicted octanol–water partition coefficient (Wildman–Crippen LogP) is 2.49. The van der Waals surface area contributed by atoms with E-state index in [1.165, 1.54) is 32.4 Å². The third-order valence-electron chi connectivity index (χ3n) is 3.41. The summed E-state index contributed by atoms with van der Waals surface area (Å²) in [5.74, 6) is 0.876. The molecule has 0 aromatic heterocycles. The highest BCUT2D eigenvalue weighted by Crippen LogP contribution is 2.31. The van der Waals surface area contributed by atoms with E-state index < -0.39 is 0 Å². The zero-order valence-corrected chi connectivity index (χ0v) is 11.1. The zero-order valence-electron chi connectivity index (χ0n) is 11.1. The Morgan fingerprint density at radius 2 is 1.93 bits per heavy atom. The fourth-order valence-corrected chi connectivity index (χ4v) is 2.33. The second-order valence-electron chi connectivity index (χ2n) is 6.02. The monoisotopic (exact) mass is 212 g/mol. The number of nitrogens with zero attached hydrogens (tertiary/aromatic N) is 1. The Hall–Kier alpha value is -0.0800. The van der Waals surface area contributed by atoms with Gasteiger partial charge in [0.2, 0.25) is 0 Å². The number of hydrogen-bond donors (Lipinski definition) is 1. The van der Waals surface area contributed by atoms with Gasteiger partial charge in [0, 0.05) is 11.6 Å². The van der Waals surface area contributed by atoms with Crippen molar-refractivity contribution < 1.29 is 0 Å². The molecule has 0 aromatic rings. The molecule has 0 radical (unpaired) electrons. The van der Waals surface area contributed by atoms with Gasteiger partial charge >= 0.3 is 0 Å². The van der Waals surface area contributed by atoms with Crippen LogP contribution in [-0.4, -0.2) is 36.6 Å². The van der Waals surface area contributed by atoms with Gasteiger partial charge < -0.3 is 10.2 Å². The van der Waals surface area contributed by atoms with Crippen LogP contribution in [0.25, 0.3) is 0 Å². The Morgan fingerprint density at radius 3 is 2.33 bits per heavy atom. The molecule has 0 spiro atoms. The van der Waals surface area contributed by atoms with E-state index in [4.69, 9.17) is 0 Å². The van der Waals surface area contributed by atoms with Crippen LogP contribution in [0.1, 0.15) is 47.0 Å². The lowest BCUT2D eigenvalue weighted by Gasteiger charge is -2.44. The molecule has 1 N–H and O–H groups in total. The Bertz CT molecular complexity index is 183. The first-order valence-electron chi connectivity index (χ1n) is 6.39. The van der Waals surface area contributed by atoms with Crippen LogP contribution in [0.3, 0.4) is 0 Å². The summed E-state index contributed by atoms with van der Waals surface area (Å²) < 4.78 is 0. The van der Waals surface area contributed by atoms with Crippen molar-refractivity contribution in [3.05, 3.63) is 0 Å². The van der Waals surface area contributed by atoms with Crippen LogP contribution in [0.15, 0.2) is 0 Å². The highest BCUT2D eigenvalue weighted by molar-refractivity contribution is 4.90. The van der Waals surface area contributed by atoms with Crippen molar-refractivity contribution in [1.29, 1.82) is 0 Å². The van der Waals surface area contributed by atoms with Gasteiger partial charge in [-0.25, -0.2) is 0 Å². The van der Waals surface area contributed by atoms with Gasteiger partial charge in [-0.15, -0.1) is 0 Å². The maximum Gasteiger partial charge on any atom is 0.0133 e. The Kier molecular flexibility index (Phi) is 4.60. The van der Waals surface area contributed by atoms with E-state index in [0.717, 1.165) is 12.0 Å². The third kappa shape index (κ3) is 4.12. The molecular formula is C13H28N2. The summed E-state index contributed by atoms with van der Waals surface area (Å²) in [5, 5.41) is 3.62. The minimum absolute atomic E-state index is 0.267. The molecule has 1 aliphatic rings. The molecule has 1 saturated carbocycles. The zero-order chi connectivity index (χ0) is 11.5. The number of hydrogen-bond acceptors (Lipinski definition) is 2. The molecule has 0 saturated heterocycles. The van der Waals surface area contributed by atoms with Crippen molar-refractivity contribution in [2.45, 2.75) is 58.5 Å². The van der Waals surface area contributed by atoms with Crippen molar-refractivity contribution in [2.75, 3.05) is 20.1 Å². The summed E-state index contributed by atoms with van der Waals surface area (Å²) in [6, 6.07) is 0.833. The summed E-state index contributed by atoms with van der Waals surface area (Å²) in [6.07, 6.45) is 4.07. The lowest BCUT2D eigenvalue weighted by atomic mass is 9.78. The molecule has 90 valence electrons. The molecule has 2 atom stereocenters. The summed E-state index contributed by atoms with van der Waals surface area (Å²) >= 11 is 0. The third-order valence-corrected chi connectivity index (χ3v) is 3.41. The fourth-order valence-electron chi connectivity index (χ4n) is 2.33.